The molecule has 0 aromatic heterocycles. The van der Waals surface area contributed by atoms with Gasteiger partial charge in [0, 0.05) is 6.42 Å². The second-order valence-corrected chi connectivity index (χ2v) is 2.68. The minimum Gasteiger partial charge on any atom is -0.337 e. The Kier molecular flexibility index (Phi) is 2.42. The molecule has 0 spiro atoms. The second-order valence-electron chi connectivity index (χ2n) is 2.68. The fraction of sp³-hybridized carbons (Fsp3) is 0.857. The summed E-state index contributed by atoms with van der Waals surface area (Å²) in [6.45, 7) is 1.53. The Morgan fingerprint density at radius 3 is 2.27 bits per heavy atom. The lowest BCUT2D eigenvalue weighted by molar-refractivity contribution is -0.130. The molecule has 1 unspecified atom stereocenters. The van der Waals surface area contributed by atoms with Crippen molar-refractivity contribution in [2.24, 2.45) is 0 Å². The molecular formula is C7H11F2NO. The van der Waals surface area contributed by atoms with Crippen molar-refractivity contribution in [3.8, 4) is 0 Å². The SMILES string of the molecule is CCC(=O)N1CC(F)[C@H](F)C1. The maximum absolute atomic E-state index is 12.5. The second kappa shape index (κ2) is 3.15. The van der Waals surface area contributed by atoms with Crippen LogP contribution in [0.4, 0.5) is 8.78 Å². The Balaban J connectivity index is 2.46. The number of nitrogens with zero attached hydrogens (tertiary/aromatic N) is 1. The lowest BCUT2D eigenvalue weighted by atomic mass is 10.3. The summed E-state index contributed by atoms with van der Waals surface area (Å²) in [6.07, 6.45) is -2.64. The fourth-order valence-corrected chi connectivity index (χ4v) is 1.15. The smallest absolute Gasteiger partial charge is 0.222 e. The van der Waals surface area contributed by atoms with Crippen LogP contribution in [-0.2, 0) is 4.79 Å². The minimum absolute atomic E-state index is 0.0756. The van der Waals surface area contributed by atoms with Crippen LogP contribution in [0.25, 0.3) is 0 Å². The summed E-state index contributed by atoms with van der Waals surface area (Å²) in [4.78, 5) is 12.1. The van der Waals surface area contributed by atoms with Gasteiger partial charge < -0.3 is 4.90 Å². The van der Waals surface area contributed by atoms with Gasteiger partial charge in [0.05, 0.1) is 13.1 Å². The van der Waals surface area contributed by atoms with E-state index in [1.54, 1.807) is 6.92 Å². The van der Waals surface area contributed by atoms with Gasteiger partial charge in [-0.3, -0.25) is 4.79 Å². The molecule has 11 heavy (non-hydrogen) atoms. The molecule has 0 aromatic carbocycles. The lowest BCUT2D eigenvalue weighted by Gasteiger charge is -2.12. The molecular weight excluding hydrogens is 152 g/mol. The number of hydrogen-bond acceptors (Lipinski definition) is 1. The summed E-state index contributed by atoms with van der Waals surface area (Å²) in [6, 6.07) is 0. The first kappa shape index (κ1) is 8.43. The molecule has 1 aliphatic heterocycles. The number of rotatable bonds is 1. The topological polar surface area (TPSA) is 20.3 Å². The third kappa shape index (κ3) is 1.67. The van der Waals surface area contributed by atoms with E-state index in [1.807, 2.05) is 0 Å². The predicted octanol–water partition coefficient (Wildman–Crippen LogP) is 0.915. The van der Waals surface area contributed by atoms with E-state index in [-0.39, 0.29) is 19.0 Å². The highest BCUT2D eigenvalue weighted by Gasteiger charge is 2.34. The van der Waals surface area contributed by atoms with E-state index in [0.29, 0.717) is 6.42 Å². The van der Waals surface area contributed by atoms with Crippen molar-refractivity contribution in [2.75, 3.05) is 13.1 Å². The predicted molar refractivity (Wildman–Crippen MR) is 36.7 cm³/mol. The molecule has 1 saturated heterocycles. The summed E-state index contributed by atoms with van der Waals surface area (Å²) < 4.78 is 25.0. The van der Waals surface area contributed by atoms with Gasteiger partial charge in [-0.15, -0.1) is 0 Å². The quantitative estimate of drug-likeness (QED) is 0.562. The van der Waals surface area contributed by atoms with Gasteiger partial charge in [0.2, 0.25) is 5.91 Å². The van der Waals surface area contributed by atoms with E-state index in [1.165, 1.54) is 4.90 Å². The molecule has 0 radical (unpaired) electrons. The van der Waals surface area contributed by atoms with Crippen LogP contribution in [0.15, 0.2) is 0 Å². The Morgan fingerprint density at radius 2 is 1.91 bits per heavy atom. The average Bonchev–Trinajstić information content (AvgIpc) is 2.31. The van der Waals surface area contributed by atoms with E-state index in [2.05, 4.69) is 0 Å². The number of alkyl halides is 2. The summed E-state index contributed by atoms with van der Waals surface area (Å²) in [5.74, 6) is -0.173. The fourth-order valence-electron chi connectivity index (χ4n) is 1.15. The van der Waals surface area contributed by atoms with Crippen molar-refractivity contribution >= 4 is 5.91 Å². The van der Waals surface area contributed by atoms with Gasteiger partial charge >= 0.3 is 0 Å². The van der Waals surface area contributed by atoms with Gasteiger partial charge in [0.15, 0.2) is 12.3 Å². The summed E-state index contributed by atoms with van der Waals surface area (Å²) in [7, 11) is 0. The van der Waals surface area contributed by atoms with Crippen LogP contribution >= 0.6 is 0 Å². The first-order chi connectivity index (χ1) is 5.15. The molecule has 0 aliphatic carbocycles. The first-order valence-electron chi connectivity index (χ1n) is 3.71. The number of likely N-dealkylation sites (tertiary alicyclic amines) is 1. The van der Waals surface area contributed by atoms with Crippen LogP contribution in [0.5, 0.6) is 0 Å². The van der Waals surface area contributed by atoms with Crippen molar-refractivity contribution in [2.45, 2.75) is 25.7 Å². The van der Waals surface area contributed by atoms with E-state index in [9.17, 15) is 13.6 Å². The number of carbonyl (C=O) groups is 1. The summed E-state index contributed by atoms with van der Waals surface area (Å²) in [5, 5.41) is 0. The Bertz CT molecular complexity index is 153. The third-order valence-corrected chi connectivity index (χ3v) is 1.84. The van der Waals surface area contributed by atoms with Crippen molar-refractivity contribution in [3.05, 3.63) is 0 Å². The van der Waals surface area contributed by atoms with Gasteiger partial charge in [-0.1, -0.05) is 6.92 Å². The maximum atomic E-state index is 12.5. The van der Waals surface area contributed by atoms with Crippen LogP contribution in [0.3, 0.4) is 0 Å². The lowest BCUT2D eigenvalue weighted by Crippen LogP contribution is -2.28. The van der Waals surface area contributed by atoms with Crippen molar-refractivity contribution < 1.29 is 13.6 Å². The molecule has 1 rings (SSSR count). The van der Waals surface area contributed by atoms with Crippen LogP contribution in [0.1, 0.15) is 13.3 Å². The van der Waals surface area contributed by atoms with Gasteiger partial charge in [-0.25, -0.2) is 8.78 Å². The van der Waals surface area contributed by atoms with Gasteiger partial charge in [-0.05, 0) is 0 Å². The first-order valence-corrected chi connectivity index (χ1v) is 3.71. The van der Waals surface area contributed by atoms with Gasteiger partial charge in [0.25, 0.3) is 0 Å². The molecule has 0 N–H and O–H groups in total. The Morgan fingerprint density at radius 1 is 1.45 bits per heavy atom. The minimum atomic E-state index is -1.48. The highest BCUT2D eigenvalue weighted by molar-refractivity contribution is 5.76. The van der Waals surface area contributed by atoms with E-state index < -0.39 is 12.3 Å². The zero-order valence-corrected chi connectivity index (χ0v) is 6.39. The number of amides is 1. The summed E-state index contributed by atoms with van der Waals surface area (Å²) >= 11 is 0. The number of halogens is 2. The molecule has 0 saturated carbocycles. The molecule has 1 amide bonds. The standard InChI is InChI=1S/C7H11F2NO/c1-2-7(11)10-3-5(8)6(9)4-10/h5-6H,2-4H2,1H3/t5-,6?/m1/s1. The zero-order valence-electron chi connectivity index (χ0n) is 6.39. The highest BCUT2D eigenvalue weighted by Crippen LogP contribution is 2.16. The van der Waals surface area contributed by atoms with E-state index in [4.69, 9.17) is 0 Å². The van der Waals surface area contributed by atoms with Gasteiger partial charge in [0.1, 0.15) is 0 Å². The van der Waals surface area contributed by atoms with Crippen LogP contribution in [0, 0.1) is 0 Å². The van der Waals surface area contributed by atoms with Crippen molar-refractivity contribution in [1.29, 1.82) is 0 Å². The normalized spacial score (nSPS) is 31.0. The third-order valence-electron chi connectivity index (χ3n) is 1.84. The highest BCUT2D eigenvalue weighted by atomic mass is 19.2. The van der Waals surface area contributed by atoms with Crippen LogP contribution in [0.2, 0.25) is 0 Å². The Hall–Kier alpha value is -0.670. The largest absolute Gasteiger partial charge is 0.337 e. The average molecular weight is 163 g/mol. The molecule has 64 valence electrons. The monoisotopic (exact) mass is 163 g/mol. The molecule has 1 fully saturated rings. The molecule has 0 aromatic rings. The zero-order chi connectivity index (χ0) is 8.43. The molecule has 0 bridgehead atoms. The molecule has 1 aliphatic rings. The number of carbonyl (C=O) groups excluding carboxylic acids is 1. The van der Waals surface area contributed by atoms with Crippen molar-refractivity contribution in [1.82, 2.24) is 4.90 Å². The maximum Gasteiger partial charge on any atom is 0.222 e. The van der Waals surface area contributed by atoms with Crippen LogP contribution in [-0.4, -0.2) is 36.2 Å². The van der Waals surface area contributed by atoms with Crippen molar-refractivity contribution in [3.63, 3.8) is 0 Å². The van der Waals surface area contributed by atoms with Crippen LogP contribution < -0.4 is 0 Å². The van der Waals surface area contributed by atoms with E-state index in [0.717, 1.165) is 0 Å². The summed E-state index contributed by atoms with van der Waals surface area (Å²) in [5.41, 5.74) is 0. The van der Waals surface area contributed by atoms with E-state index >= 15 is 0 Å². The molecule has 2 nitrogen and oxygen atoms in total. The Labute approximate surface area is 64.2 Å². The van der Waals surface area contributed by atoms with Gasteiger partial charge in [-0.2, -0.15) is 0 Å². The molecule has 4 heteroatoms. The number of hydrogen-bond donors (Lipinski definition) is 0. The molecule has 2 atom stereocenters. The molecule has 1 heterocycles.